The van der Waals surface area contributed by atoms with Gasteiger partial charge in [0, 0.05) is 16.7 Å². The van der Waals surface area contributed by atoms with Crippen LogP contribution in [0.4, 0.5) is 5.82 Å². The molecule has 0 saturated heterocycles. The van der Waals surface area contributed by atoms with E-state index in [1.165, 1.54) is 31.2 Å². The summed E-state index contributed by atoms with van der Waals surface area (Å²) in [4.78, 5) is 4.43. The lowest BCUT2D eigenvalue weighted by Gasteiger charge is -2.27. The van der Waals surface area contributed by atoms with Crippen molar-refractivity contribution in [3.8, 4) is 0 Å². The highest BCUT2D eigenvalue weighted by atomic mass is 79.9. The predicted octanol–water partition coefficient (Wildman–Crippen LogP) is 4.14. The van der Waals surface area contributed by atoms with Gasteiger partial charge in [0.15, 0.2) is 0 Å². The Balaban J connectivity index is 1.98. The van der Waals surface area contributed by atoms with Crippen LogP contribution in [0.3, 0.4) is 0 Å². The topological polar surface area (TPSA) is 24.9 Å². The number of nitrogens with one attached hydrogen (secondary N) is 1. The fraction of sp³-hybridized carbons (Fsp3) is 0.615. The van der Waals surface area contributed by atoms with E-state index in [4.69, 9.17) is 0 Å². The molecular weight excluding hydrogens is 264 g/mol. The van der Waals surface area contributed by atoms with Crippen LogP contribution in [0.5, 0.6) is 0 Å². The first-order valence-corrected chi connectivity index (χ1v) is 6.83. The van der Waals surface area contributed by atoms with Gasteiger partial charge in [-0.1, -0.05) is 6.92 Å². The molecule has 1 fully saturated rings. The largest absolute Gasteiger partial charge is 0.367 e. The third-order valence-electron chi connectivity index (χ3n) is 3.40. The lowest BCUT2D eigenvalue weighted by molar-refractivity contribution is 0.360. The monoisotopic (exact) mass is 282 g/mol. The molecule has 0 spiro atoms. The lowest BCUT2D eigenvalue weighted by atomic mass is 9.87. The van der Waals surface area contributed by atoms with E-state index in [9.17, 15) is 0 Å². The molecule has 1 aromatic rings. The minimum Gasteiger partial charge on any atom is -0.367 e. The second kappa shape index (κ2) is 5.17. The molecule has 1 saturated carbocycles. The molecule has 1 N–H and O–H groups in total. The second-order valence-electron chi connectivity index (χ2n) is 4.92. The molecule has 2 rings (SSSR count). The summed E-state index contributed by atoms with van der Waals surface area (Å²) in [6, 6.07) is 2.73. The van der Waals surface area contributed by atoms with Gasteiger partial charge in [-0.2, -0.15) is 0 Å². The predicted molar refractivity (Wildman–Crippen MR) is 71.7 cm³/mol. The Labute approximate surface area is 106 Å². The molecule has 1 aliphatic rings. The van der Waals surface area contributed by atoms with Gasteiger partial charge in [0.05, 0.1) is 0 Å². The van der Waals surface area contributed by atoms with E-state index in [0.29, 0.717) is 6.04 Å². The van der Waals surface area contributed by atoms with Gasteiger partial charge in [-0.25, -0.2) is 4.98 Å². The number of pyridine rings is 1. The number of aromatic nitrogens is 1. The molecule has 0 unspecified atom stereocenters. The van der Waals surface area contributed by atoms with E-state index in [2.05, 4.69) is 46.1 Å². The molecule has 0 atom stereocenters. The van der Waals surface area contributed by atoms with Crippen molar-refractivity contribution in [3.63, 3.8) is 0 Å². The van der Waals surface area contributed by atoms with Crippen LogP contribution >= 0.6 is 15.9 Å². The van der Waals surface area contributed by atoms with Crippen LogP contribution in [0, 0.1) is 12.8 Å². The molecule has 88 valence electrons. The van der Waals surface area contributed by atoms with Crippen molar-refractivity contribution in [1.29, 1.82) is 0 Å². The smallest absolute Gasteiger partial charge is 0.129 e. The zero-order valence-corrected chi connectivity index (χ0v) is 11.5. The molecular formula is C13H19BrN2. The van der Waals surface area contributed by atoms with Gasteiger partial charge in [-0.3, -0.25) is 0 Å². The van der Waals surface area contributed by atoms with E-state index < -0.39 is 0 Å². The van der Waals surface area contributed by atoms with E-state index in [-0.39, 0.29) is 0 Å². The van der Waals surface area contributed by atoms with Gasteiger partial charge in [0.1, 0.15) is 5.82 Å². The van der Waals surface area contributed by atoms with Gasteiger partial charge in [-0.05, 0) is 66.1 Å². The summed E-state index contributed by atoms with van der Waals surface area (Å²) in [5.41, 5.74) is 1.22. The Hall–Kier alpha value is -0.570. The van der Waals surface area contributed by atoms with Crippen LogP contribution in [0.1, 0.15) is 38.2 Å². The normalized spacial score (nSPS) is 25.4. The molecule has 3 heteroatoms. The van der Waals surface area contributed by atoms with Crippen molar-refractivity contribution >= 4 is 21.7 Å². The zero-order chi connectivity index (χ0) is 11.5. The summed E-state index contributed by atoms with van der Waals surface area (Å²) < 4.78 is 1.05. The van der Waals surface area contributed by atoms with Crippen molar-refractivity contribution in [3.05, 3.63) is 22.3 Å². The average Bonchev–Trinajstić information content (AvgIpc) is 2.25. The number of hydrogen-bond acceptors (Lipinski definition) is 2. The second-order valence-corrected chi connectivity index (χ2v) is 5.84. The van der Waals surface area contributed by atoms with E-state index >= 15 is 0 Å². The zero-order valence-electron chi connectivity index (χ0n) is 9.96. The van der Waals surface area contributed by atoms with Crippen LogP contribution in [-0.4, -0.2) is 11.0 Å². The Morgan fingerprint density at radius 3 is 2.62 bits per heavy atom. The summed E-state index contributed by atoms with van der Waals surface area (Å²) in [7, 11) is 0. The number of nitrogens with zero attached hydrogens (tertiary/aromatic N) is 1. The molecule has 0 amide bonds. The van der Waals surface area contributed by atoms with Crippen LogP contribution in [0.25, 0.3) is 0 Å². The maximum absolute atomic E-state index is 4.43. The first-order chi connectivity index (χ1) is 7.65. The minimum absolute atomic E-state index is 0.614. The molecule has 2 nitrogen and oxygen atoms in total. The fourth-order valence-corrected chi connectivity index (χ4v) is 2.74. The molecule has 0 aromatic carbocycles. The summed E-state index contributed by atoms with van der Waals surface area (Å²) >= 11 is 3.44. The van der Waals surface area contributed by atoms with Crippen LogP contribution in [-0.2, 0) is 0 Å². The standard InChI is InChI=1S/C13H19BrN2/c1-9-3-5-12(6-4-9)16-13-10(2)7-11(14)8-15-13/h7-9,12H,3-6H2,1-2H3,(H,15,16). The highest BCUT2D eigenvalue weighted by molar-refractivity contribution is 9.10. The van der Waals surface area contributed by atoms with Crippen molar-refractivity contribution < 1.29 is 0 Å². The molecule has 1 aromatic heterocycles. The Morgan fingerprint density at radius 1 is 1.31 bits per heavy atom. The van der Waals surface area contributed by atoms with Gasteiger partial charge in [-0.15, -0.1) is 0 Å². The van der Waals surface area contributed by atoms with Gasteiger partial charge in [0.25, 0.3) is 0 Å². The summed E-state index contributed by atoms with van der Waals surface area (Å²) in [5.74, 6) is 1.94. The van der Waals surface area contributed by atoms with Gasteiger partial charge in [0.2, 0.25) is 0 Å². The molecule has 0 radical (unpaired) electrons. The van der Waals surface area contributed by atoms with E-state index in [0.717, 1.165) is 16.2 Å². The average molecular weight is 283 g/mol. The van der Waals surface area contributed by atoms with Crippen molar-refractivity contribution in [2.24, 2.45) is 5.92 Å². The summed E-state index contributed by atoms with van der Waals surface area (Å²) in [6.45, 7) is 4.45. The first-order valence-electron chi connectivity index (χ1n) is 6.04. The number of hydrogen-bond donors (Lipinski definition) is 1. The third-order valence-corrected chi connectivity index (χ3v) is 3.84. The highest BCUT2D eigenvalue weighted by Crippen LogP contribution is 2.26. The minimum atomic E-state index is 0.614. The molecule has 1 aliphatic carbocycles. The van der Waals surface area contributed by atoms with E-state index in [1.807, 2.05) is 6.20 Å². The molecule has 0 aliphatic heterocycles. The van der Waals surface area contributed by atoms with Crippen molar-refractivity contribution in [1.82, 2.24) is 4.98 Å². The maximum Gasteiger partial charge on any atom is 0.129 e. The maximum atomic E-state index is 4.43. The van der Waals surface area contributed by atoms with Crippen molar-refractivity contribution in [2.45, 2.75) is 45.6 Å². The highest BCUT2D eigenvalue weighted by Gasteiger charge is 2.18. The SMILES string of the molecule is Cc1cc(Br)cnc1NC1CCC(C)CC1. The molecule has 16 heavy (non-hydrogen) atoms. The Kier molecular flexibility index (Phi) is 3.85. The summed E-state index contributed by atoms with van der Waals surface area (Å²) in [6.07, 6.45) is 7.10. The number of rotatable bonds is 2. The van der Waals surface area contributed by atoms with Gasteiger partial charge < -0.3 is 5.32 Å². The third kappa shape index (κ3) is 2.97. The molecule has 1 heterocycles. The fourth-order valence-electron chi connectivity index (χ4n) is 2.29. The Bertz CT molecular complexity index is 357. The summed E-state index contributed by atoms with van der Waals surface area (Å²) in [5, 5.41) is 3.56. The van der Waals surface area contributed by atoms with Gasteiger partial charge >= 0.3 is 0 Å². The number of anilines is 1. The van der Waals surface area contributed by atoms with Crippen LogP contribution < -0.4 is 5.32 Å². The lowest BCUT2D eigenvalue weighted by Crippen LogP contribution is -2.26. The van der Waals surface area contributed by atoms with Crippen LogP contribution in [0.15, 0.2) is 16.7 Å². The quantitative estimate of drug-likeness (QED) is 0.882. The number of halogens is 1. The van der Waals surface area contributed by atoms with Crippen LogP contribution in [0.2, 0.25) is 0 Å². The Morgan fingerprint density at radius 2 is 2.00 bits per heavy atom. The number of aryl methyl sites for hydroxylation is 1. The molecule has 0 bridgehead atoms. The van der Waals surface area contributed by atoms with E-state index in [1.54, 1.807) is 0 Å². The van der Waals surface area contributed by atoms with Crippen molar-refractivity contribution in [2.75, 3.05) is 5.32 Å². The first kappa shape index (κ1) is 11.9.